The number of ether oxygens (including phenoxy) is 2. The number of carbonyl (C=O) groups excluding carboxylic acids is 2. The highest BCUT2D eigenvalue weighted by molar-refractivity contribution is 5.69. The fourth-order valence-corrected chi connectivity index (χ4v) is 1.33. The standard InChI is InChI=1S/C15H31N3O4/c1-10(2)11(3)18(16-12(19)21-14(4,5)6)17-13(20)22-15(7,8)9/h10-11H,1-9H3,(H,16,19)(H,17,20). The molecule has 2 amide bonds. The number of nitrogens with one attached hydrogen (secondary N) is 2. The normalized spacial score (nSPS) is 13.8. The van der Waals surface area contributed by atoms with Gasteiger partial charge in [-0.1, -0.05) is 13.8 Å². The summed E-state index contributed by atoms with van der Waals surface area (Å²) < 4.78 is 10.4. The molecule has 0 aliphatic heterocycles. The van der Waals surface area contributed by atoms with E-state index in [0.29, 0.717) is 0 Å². The Kier molecular flexibility index (Phi) is 7.15. The first kappa shape index (κ1) is 20.5. The first-order valence-corrected chi connectivity index (χ1v) is 7.50. The van der Waals surface area contributed by atoms with Crippen molar-refractivity contribution in [1.29, 1.82) is 0 Å². The van der Waals surface area contributed by atoms with Crippen LogP contribution in [0, 0.1) is 5.92 Å². The van der Waals surface area contributed by atoms with Gasteiger partial charge in [-0.25, -0.2) is 20.4 Å². The second-order valence-electron chi connectivity index (χ2n) is 7.58. The van der Waals surface area contributed by atoms with Crippen molar-refractivity contribution in [2.75, 3.05) is 0 Å². The zero-order chi connectivity index (χ0) is 17.7. The Morgan fingerprint density at radius 2 is 1.14 bits per heavy atom. The van der Waals surface area contributed by atoms with Crippen LogP contribution < -0.4 is 10.9 Å². The fraction of sp³-hybridized carbons (Fsp3) is 0.867. The van der Waals surface area contributed by atoms with E-state index in [1.807, 2.05) is 20.8 Å². The molecule has 0 aliphatic rings. The van der Waals surface area contributed by atoms with Crippen molar-refractivity contribution in [3.05, 3.63) is 0 Å². The van der Waals surface area contributed by atoms with Crippen LogP contribution in [0.3, 0.4) is 0 Å². The number of rotatable bonds is 4. The molecule has 0 bridgehead atoms. The summed E-state index contributed by atoms with van der Waals surface area (Å²) in [6.45, 7) is 16.4. The fourth-order valence-electron chi connectivity index (χ4n) is 1.33. The van der Waals surface area contributed by atoms with Crippen molar-refractivity contribution in [2.24, 2.45) is 5.92 Å². The summed E-state index contributed by atoms with van der Waals surface area (Å²) >= 11 is 0. The molecule has 0 fully saturated rings. The lowest BCUT2D eigenvalue weighted by atomic mass is 10.1. The molecule has 0 heterocycles. The van der Waals surface area contributed by atoms with Crippen LogP contribution in [0.5, 0.6) is 0 Å². The van der Waals surface area contributed by atoms with Crippen LogP contribution in [0.15, 0.2) is 0 Å². The van der Waals surface area contributed by atoms with Gasteiger partial charge in [0.1, 0.15) is 11.2 Å². The Morgan fingerprint density at radius 1 is 0.818 bits per heavy atom. The van der Waals surface area contributed by atoms with E-state index in [9.17, 15) is 9.59 Å². The van der Waals surface area contributed by atoms with Gasteiger partial charge in [-0.2, -0.15) is 0 Å². The number of hydrazine groups is 2. The zero-order valence-electron chi connectivity index (χ0n) is 15.2. The summed E-state index contributed by atoms with van der Waals surface area (Å²) in [7, 11) is 0. The molecule has 0 saturated heterocycles. The highest BCUT2D eigenvalue weighted by Gasteiger charge is 2.26. The van der Waals surface area contributed by atoms with E-state index in [2.05, 4.69) is 10.9 Å². The Hall–Kier alpha value is -1.50. The molecule has 0 aliphatic carbocycles. The summed E-state index contributed by atoms with van der Waals surface area (Å²) in [5.41, 5.74) is 3.82. The number of amides is 2. The maximum absolute atomic E-state index is 11.9. The molecule has 0 aromatic rings. The smallest absolute Gasteiger partial charge is 0.423 e. The minimum Gasteiger partial charge on any atom is -0.443 e. The third-order valence-corrected chi connectivity index (χ3v) is 2.59. The van der Waals surface area contributed by atoms with Gasteiger partial charge in [-0.05, 0) is 54.4 Å². The minimum absolute atomic E-state index is 0.153. The molecule has 130 valence electrons. The topological polar surface area (TPSA) is 79.9 Å². The molecule has 7 heteroatoms. The van der Waals surface area contributed by atoms with E-state index in [1.165, 1.54) is 5.12 Å². The van der Waals surface area contributed by atoms with Crippen LogP contribution in [0.1, 0.15) is 62.3 Å². The zero-order valence-corrected chi connectivity index (χ0v) is 15.2. The second kappa shape index (κ2) is 7.67. The summed E-state index contributed by atoms with van der Waals surface area (Å²) in [4.78, 5) is 23.8. The van der Waals surface area contributed by atoms with Crippen LogP contribution in [0.25, 0.3) is 0 Å². The van der Waals surface area contributed by atoms with Crippen molar-refractivity contribution >= 4 is 12.2 Å². The summed E-state index contributed by atoms with van der Waals surface area (Å²) in [5, 5.41) is 1.31. The van der Waals surface area contributed by atoms with Gasteiger partial charge in [-0.3, -0.25) is 0 Å². The SMILES string of the molecule is CC(C)C(C)N(NC(=O)OC(C)(C)C)NC(=O)OC(C)(C)C. The molecular formula is C15H31N3O4. The van der Waals surface area contributed by atoms with Gasteiger partial charge in [0.15, 0.2) is 0 Å². The third-order valence-electron chi connectivity index (χ3n) is 2.59. The van der Waals surface area contributed by atoms with Crippen molar-refractivity contribution in [3.63, 3.8) is 0 Å². The maximum Gasteiger partial charge on any atom is 0.423 e. The van der Waals surface area contributed by atoms with Crippen LogP contribution in [-0.2, 0) is 9.47 Å². The predicted octanol–water partition coefficient (Wildman–Crippen LogP) is 3.21. The summed E-state index contributed by atoms with van der Waals surface area (Å²) in [6, 6.07) is -0.153. The van der Waals surface area contributed by atoms with E-state index in [1.54, 1.807) is 41.5 Å². The van der Waals surface area contributed by atoms with E-state index >= 15 is 0 Å². The number of nitrogens with zero attached hydrogens (tertiary/aromatic N) is 1. The van der Waals surface area contributed by atoms with Gasteiger partial charge in [0, 0.05) is 6.04 Å². The van der Waals surface area contributed by atoms with Gasteiger partial charge >= 0.3 is 12.2 Å². The molecule has 0 rings (SSSR count). The van der Waals surface area contributed by atoms with Gasteiger partial charge < -0.3 is 9.47 Å². The summed E-state index contributed by atoms with van der Waals surface area (Å²) in [6.07, 6.45) is -1.29. The number of hydrogen-bond acceptors (Lipinski definition) is 5. The largest absolute Gasteiger partial charge is 0.443 e. The van der Waals surface area contributed by atoms with E-state index in [4.69, 9.17) is 9.47 Å². The highest BCUT2D eigenvalue weighted by Crippen LogP contribution is 2.11. The lowest BCUT2D eigenvalue weighted by Gasteiger charge is -2.33. The van der Waals surface area contributed by atoms with Crippen LogP contribution in [-0.4, -0.2) is 34.5 Å². The lowest BCUT2D eigenvalue weighted by molar-refractivity contribution is -0.0126. The van der Waals surface area contributed by atoms with Crippen molar-refractivity contribution < 1.29 is 19.1 Å². The first-order chi connectivity index (χ1) is 9.71. The number of hydrogen-bond donors (Lipinski definition) is 2. The molecule has 22 heavy (non-hydrogen) atoms. The molecule has 0 saturated carbocycles. The van der Waals surface area contributed by atoms with Gasteiger partial charge in [0.25, 0.3) is 0 Å². The van der Waals surface area contributed by atoms with Crippen LogP contribution in [0.4, 0.5) is 9.59 Å². The van der Waals surface area contributed by atoms with Crippen molar-refractivity contribution in [3.8, 4) is 0 Å². The molecule has 0 radical (unpaired) electrons. The van der Waals surface area contributed by atoms with Crippen molar-refractivity contribution in [1.82, 2.24) is 16.0 Å². The Labute approximate surface area is 133 Å². The minimum atomic E-state index is -0.643. The van der Waals surface area contributed by atoms with Gasteiger partial charge in [0.05, 0.1) is 0 Å². The molecular weight excluding hydrogens is 286 g/mol. The molecule has 1 unspecified atom stereocenters. The monoisotopic (exact) mass is 317 g/mol. The van der Waals surface area contributed by atoms with Gasteiger partial charge in [-0.15, -0.1) is 5.12 Å². The Bertz CT molecular complexity index is 353. The summed E-state index contributed by atoms with van der Waals surface area (Å²) in [5.74, 6) is 0.185. The molecule has 0 spiro atoms. The van der Waals surface area contributed by atoms with Crippen molar-refractivity contribution in [2.45, 2.75) is 79.6 Å². The second-order valence-corrected chi connectivity index (χ2v) is 7.58. The van der Waals surface area contributed by atoms with Crippen LogP contribution >= 0.6 is 0 Å². The third kappa shape index (κ3) is 9.44. The maximum atomic E-state index is 11.9. The highest BCUT2D eigenvalue weighted by atomic mass is 16.6. The quantitative estimate of drug-likeness (QED) is 0.778. The van der Waals surface area contributed by atoms with Gasteiger partial charge in [0.2, 0.25) is 0 Å². The molecule has 7 nitrogen and oxygen atoms in total. The van der Waals surface area contributed by atoms with E-state index < -0.39 is 23.4 Å². The Balaban J connectivity index is 4.85. The van der Waals surface area contributed by atoms with Crippen LogP contribution in [0.2, 0.25) is 0 Å². The first-order valence-electron chi connectivity index (χ1n) is 7.50. The van der Waals surface area contributed by atoms with E-state index in [0.717, 1.165) is 0 Å². The molecule has 0 aromatic heterocycles. The molecule has 0 aromatic carbocycles. The Morgan fingerprint density at radius 3 is 1.36 bits per heavy atom. The number of carbonyl (C=O) groups is 2. The van der Waals surface area contributed by atoms with E-state index in [-0.39, 0.29) is 12.0 Å². The molecule has 2 N–H and O–H groups in total. The average Bonchev–Trinajstić information content (AvgIpc) is 2.21. The average molecular weight is 317 g/mol. The lowest BCUT2D eigenvalue weighted by Crippen LogP contribution is -2.59. The predicted molar refractivity (Wildman–Crippen MR) is 84.9 cm³/mol. The molecule has 1 atom stereocenters.